The number of fused-ring (bicyclic) bond motifs is 1. The Balaban J connectivity index is 1.64. The average Bonchev–Trinajstić information content (AvgIpc) is 2.78. The fourth-order valence-corrected chi connectivity index (χ4v) is 2.22. The minimum Gasteiger partial charge on any atom is -0.410 e. The fourth-order valence-electron chi connectivity index (χ4n) is 2.01. The van der Waals surface area contributed by atoms with Crippen molar-refractivity contribution in [1.29, 1.82) is 0 Å². The number of carbonyl (C=O) groups excluding carboxylic acids is 1. The van der Waals surface area contributed by atoms with Crippen LogP contribution in [0.3, 0.4) is 0 Å². The maximum absolute atomic E-state index is 11.9. The largest absolute Gasteiger partial charge is 0.417 e. The van der Waals surface area contributed by atoms with Crippen LogP contribution in [0.5, 0.6) is 5.75 Å². The number of azo groups is 1. The third kappa shape index (κ3) is 3.87. The minimum atomic E-state index is -0.647. The number of carbonyl (C=O) groups is 1. The molecule has 1 aliphatic rings. The van der Waals surface area contributed by atoms with Gasteiger partial charge in [-0.1, -0.05) is 60.8 Å². The van der Waals surface area contributed by atoms with Gasteiger partial charge in [-0.2, -0.15) is 10.2 Å². The van der Waals surface area contributed by atoms with E-state index in [2.05, 4.69) is 15.5 Å². The molecule has 23 heavy (non-hydrogen) atoms. The Hall–Kier alpha value is -2.86. The van der Waals surface area contributed by atoms with Crippen LogP contribution in [0.2, 0.25) is 0 Å². The Labute approximate surface area is 138 Å². The number of nitrogens with one attached hydrogen (secondary N) is 1. The van der Waals surface area contributed by atoms with Crippen molar-refractivity contribution in [1.82, 2.24) is 5.32 Å². The third-order valence-corrected chi connectivity index (χ3v) is 3.48. The molecule has 114 valence electrons. The number of thiocarbonyl (C=S) groups is 1. The number of rotatable bonds is 2. The lowest BCUT2D eigenvalue weighted by Gasteiger charge is -2.10. The van der Waals surface area contributed by atoms with Gasteiger partial charge in [-0.3, -0.25) is 5.32 Å². The average molecular weight is 323 g/mol. The topological polar surface area (TPSA) is 63.0 Å². The first-order valence-electron chi connectivity index (χ1n) is 6.98. The van der Waals surface area contributed by atoms with Crippen LogP contribution in [0.15, 0.2) is 70.9 Å². The second-order valence-electron chi connectivity index (χ2n) is 4.77. The van der Waals surface area contributed by atoms with Gasteiger partial charge in [-0.25, -0.2) is 4.79 Å². The highest BCUT2D eigenvalue weighted by molar-refractivity contribution is 7.80. The van der Waals surface area contributed by atoms with E-state index in [0.717, 1.165) is 11.3 Å². The van der Waals surface area contributed by atoms with Gasteiger partial charge >= 0.3 is 6.09 Å². The van der Waals surface area contributed by atoms with Crippen LogP contribution < -0.4 is 10.1 Å². The summed E-state index contributed by atoms with van der Waals surface area (Å²) in [5, 5.41) is 10.8. The van der Waals surface area contributed by atoms with E-state index in [-0.39, 0.29) is 4.99 Å². The van der Waals surface area contributed by atoms with Crippen LogP contribution in [0.1, 0.15) is 5.56 Å². The Morgan fingerprint density at radius 2 is 1.83 bits per heavy atom. The zero-order valence-corrected chi connectivity index (χ0v) is 12.9. The molecule has 1 atom stereocenters. The number of hydrogen-bond acceptors (Lipinski definition) is 5. The molecular weight excluding hydrogens is 310 g/mol. The van der Waals surface area contributed by atoms with Crippen LogP contribution in [0, 0.1) is 0 Å². The molecule has 5 nitrogen and oxygen atoms in total. The zero-order valence-electron chi connectivity index (χ0n) is 12.0. The molecule has 1 amide bonds. The van der Waals surface area contributed by atoms with E-state index < -0.39 is 12.1 Å². The van der Waals surface area contributed by atoms with Gasteiger partial charge in [0.05, 0.1) is 5.69 Å². The number of ether oxygens (including phenoxy) is 1. The van der Waals surface area contributed by atoms with Crippen molar-refractivity contribution < 1.29 is 9.53 Å². The van der Waals surface area contributed by atoms with E-state index in [0.29, 0.717) is 5.75 Å². The summed E-state index contributed by atoms with van der Waals surface area (Å²) >= 11 is 5.22. The van der Waals surface area contributed by atoms with E-state index in [9.17, 15) is 4.79 Å². The Morgan fingerprint density at radius 1 is 1.09 bits per heavy atom. The lowest BCUT2D eigenvalue weighted by molar-refractivity contribution is 0.206. The summed E-state index contributed by atoms with van der Waals surface area (Å²) < 4.78 is 5.14. The van der Waals surface area contributed by atoms with Gasteiger partial charge in [0.25, 0.3) is 0 Å². The summed E-state index contributed by atoms with van der Waals surface area (Å²) in [5.74, 6) is 0.443. The van der Waals surface area contributed by atoms with Crippen LogP contribution in [-0.2, 0) is 0 Å². The van der Waals surface area contributed by atoms with Crippen LogP contribution >= 0.6 is 12.2 Å². The van der Waals surface area contributed by atoms with Gasteiger partial charge in [0.15, 0.2) is 0 Å². The minimum absolute atomic E-state index is 0.235. The molecule has 2 aromatic rings. The maximum Gasteiger partial charge on any atom is 0.417 e. The molecule has 1 heterocycles. The number of para-hydroxylation sites is 1. The van der Waals surface area contributed by atoms with Crippen LogP contribution in [0.4, 0.5) is 10.5 Å². The van der Waals surface area contributed by atoms with E-state index in [1.807, 2.05) is 36.4 Å². The molecule has 0 aromatic heterocycles. The van der Waals surface area contributed by atoms with Gasteiger partial charge in [0.1, 0.15) is 16.8 Å². The predicted octanol–water partition coefficient (Wildman–Crippen LogP) is 4.28. The highest BCUT2D eigenvalue weighted by Crippen LogP contribution is 2.24. The summed E-state index contributed by atoms with van der Waals surface area (Å²) in [4.78, 5) is 12.1. The van der Waals surface area contributed by atoms with Gasteiger partial charge < -0.3 is 4.74 Å². The van der Waals surface area contributed by atoms with Gasteiger partial charge in [0, 0.05) is 5.56 Å². The molecule has 0 spiro atoms. The fraction of sp³-hybridized carbons (Fsp3) is 0.0588. The van der Waals surface area contributed by atoms with Crippen molar-refractivity contribution in [2.24, 2.45) is 10.2 Å². The highest BCUT2D eigenvalue weighted by Gasteiger charge is 2.16. The molecule has 0 fully saturated rings. The van der Waals surface area contributed by atoms with Crippen molar-refractivity contribution in [3.63, 3.8) is 0 Å². The Bertz CT molecular complexity index is 754. The molecule has 6 heteroatoms. The van der Waals surface area contributed by atoms with Gasteiger partial charge in [0.2, 0.25) is 0 Å². The van der Waals surface area contributed by atoms with Crippen LogP contribution in [-0.4, -0.2) is 17.1 Å². The summed E-state index contributed by atoms with van der Waals surface area (Å²) in [6.07, 6.45) is 3.03. The third-order valence-electron chi connectivity index (χ3n) is 3.13. The molecule has 3 rings (SSSR count). The molecular formula is C17H13N3O2S. The SMILES string of the molecule is O=C(NC(=S)C1C=Cc2ccccc2N=N1)Oc1ccccc1. The molecule has 1 aliphatic heterocycles. The first kappa shape index (κ1) is 15.1. The molecule has 0 saturated heterocycles. The van der Waals surface area contributed by atoms with E-state index in [1.165, 1.54) is 0 Å². The zero-order chi connectivity index (χ0) is 16.1. The smallest absolute Gasteiger partial charge is 0.410 e. The molecule has 0 radical (unpaired) electrons. The Morgan fingerprint density at radius 3 is 2.65 bits per heavy atom. The van der Waals surface area contributed by atoms with Gasteiger partial charge in [-0.05, 0) is 18.2 Å². The van der Waals surface area contributed by atoms with Crippen molar-refractivity contribution in [3.8, 4) is 5.75 Å². The van der Waals surface area contributed by atoms with Crippen molar-refractivity contribution in [2.45, 2.75) is 6.04 Å². The lowest BCUT2D eigenvalue weighted by atomic mass is 10.1. The molecule has 1 unspecified atom stereocenters. The monoisotopic (exact) mass is 323 g/mol. The summed E-state index contributed by atoms with van der Waals surface area (Å²) in [7, 11) is 0. The quantitative estimate of drug-likeness (QED) is 0.839. The van der Waals surface area contributed by atoms with Crippen molar-refractivity contribution in [3.05, 3.63) is 66.2 Å². The van der Waals surface area contributed by atoms with Crippen molar-refractivity contribution in [2.75, 3.05) is 0 Å². The maximum atomic E-state index is 11.9. The number of benzene rings is 2. The highest BCUT2D eigenvalue weighted by atomic mass is 32.1. The van der Waals surface area contributed by atoms with Crippen LogP contribution in [0.25, 0.3) is 6.08 Å². The van der Waals surface area contributed by atoms with E-state index >= 15 is 0 Å². The molecule has 0 saturated carbocycles. The summed E-state index contributed by atoms with van der Waals surface area (Å²) in [6, 6.07) is 15.9. The molecule has 0 aliphatic carbocycles. The number of amides is 1. The second kappa shape index (κ2) is 6.93. The lowest BCUT2D eigenvalue weighted by Crippen LogP contribution is -2.37. The molecule has 0 bridgehead atoms. The summed E-state index contributed by atoms with van der Waals surface area (Å²) in [6.45, 7) is 0. The predicted molar refractivity (Wildman–Crippen MR) is 92.0 cm³/mol. The summed E-state index contributed by atoms with van der Waals surface area (Å²) in [5.41, 5.74) is 1.72. The van der Waals surface area contributed by atoms with E-state index in [1.54, 1.807) is 30.3 Å². The standard InChI is InChI=1S/C17H13N3O2S/c21-17(22-13-7-2-1-3-8-13)18-16(23)15-11-10-12-6-4-5-9-14(12)19-20-15/h1-11,15H,(H,18,21,23). The van der Waals surface area contributed by atoms with Gasteiger partial charge in [-0.15, -0.1) is 0 Å². The van der Waals surface area contributed by atoms with Crippen molar-refractivity contribution >= 4 is 35.1 Å². The molecule has 1 N–H and O–H groups in total. The second-order valence-corrected chi connectivity index (χ2v) is 5.21. The first-order chi connectivity index (χ1) is 11.2. The normalized spacial score (nSPS) is 15.4. The number of hydrogen-bond donors (Lipinski definition) is 1. The molecule has 2 aromatic carbocycles. The Kier molecular flexibility index (Phi) is 4.54. The first-order valence-corrected chi connectivity index (χ1v) is 7.39. The van der Waals surface area contributed by atoms with E-state index in [4.69, 9.17) is 17.0 Å². The number of nitrogens with zero attached hydrogens (tertiary/aromatic N) is 2.